The zero-order chi connectivity index (χ0) is 14.5. The van der Waals surface area contributed by atoms with Gasteiger partial charge in [-0.05, 0) is 23.6 Å². The minimum Gasteiger partial charge on any atom is -0.462 e. The highest BCUT2D eigenvalue weighted by Gasteiger charge is 2.14. The molecule has 1 aromatic rings. The zero-order valence-electron chi connectivity index (χ0n) is 11.7. The van der Waals surface area contributed by atoms with Crippen LogP contribution in [0.25, 0.3) is 0 Å². The summed E-state index contributed by atoms with van der Waals surface area (Å²) in [5.74, 6) is -0.0646. The number of ether oxygens (including phenoxy) is 1. The van der Waals surface area contributed by atoms with Crippen LogP contribution in [0.4, 0.5) is 0 Å². The topological polar surface area (TPSA) is 67.8 Å². The summed E-state index contributed by atoms with van der Waals surface area (Å²) in [6, 6.07) is 7.08. The van der Waals surface area contributed by atoms with Gasteiger partial charge in [0.25, 0.3) is 0 Å². The number of benzene rings is 1. The van der Waals surface area contributed by atoms with Crippen molar-refractivity contribution < 1.29 is 14.3 Å². The maximum absolute atomic E-state index is 11.8. The highest BCUT2D eigenvalue weighted by atomic mass is 16.5. The van der Waals surface area contributed by atoms with Crippen LogP contribution in [-0.2, 0) is 9.53 Å². The van der Waals surface area contributed by atoms with E-state index in [4.69, 9.17) is 4.74 Å². The van der Waals surface area contributed by atoms with Gasteiger partial charge in [-0.1, -0.05) is 26.0 Å². The standard InChI is InChI=1S/C15H18N2O3/c1-10(2)9-20-15(19)12-5-3-11(4-6-12)13-7-8-14(18)17-16-13/h3-6,10H,7-9H2,1-2H3,(H,17,18). The Kier molecular flexibility index (Phi) is 4.50. The SMILES string of the molecule is CC(C)COC(=O)c1ccc(C2=NNC(=O)CC2)cc1. The molecule has 1 aromatic carbocycles. The van der Waals surface area contributed by atoms with Gasteiger partial charge < -0.3 is 4.74 Å². The first-order chi connectivity index (χ1) is 9.56. The van der Waals surface area contributed by atoms with E-state index < -0.39 is 0 Å². The van der Waals surface area contributed by atoms with Gasteiger partial charge in [0.2, 0.25) is 5.91 Å². The number of amides is 1. The Morgan fingerprint density at radius 2 is 2.00 bits per heavy atom. The average molecular weight is 274 g/mol. The third-order valence-corrected chi connectivity index (χ3v) is 2.91. The summed E-state index contributed by atoms with van der Waals surface area (Å²) < 4.78 is 5.16. The van der Waals surface area contributed by atoms with E-state index in [0.29, 0.717) is 30.9 Å². The van der Waals surface area contributed by atoms with Crippen molar-refractivity contribution in [1.82, 2.24) is 5.43 Å². The number of hydrogen-bond acceptors (Lipinski definition) is 4. The maximum Gasteiger partial charge on any atom is 0.338 e. The monoisotopic (exact) mass is 274 g/mol. The molecule has 0 saturated carbocycles. The van der Waals surface area contributed by atoms with Crippen molar-refractivity contribution in [3.05, 3.63) is 35.4 Å². The van der Waals surface area contributed by atoms with Crippen molar-refractivity contribution in [3.8, 4) is 0 Å². The van der Waals surface area contributed by atoms with Crippen molar-refractivity contribution in [2.75, 3.05) is 6.61 Å². The maximum atomic E-state index is 11.8. The van der Waals surface area contributed by atoms with Crippen LogP contribution < -0.4 is 5.43 Å². The molecule has 1 aliphatic rings. The van der Waals surface area contributed by atoms with Gasteiger partial charge in [-0.2, -0.15) is 5.10 Å². The first kappa shape index (κ1) is 14.2. The number of nitrogens with zero attached hydrogens (tertiary/aromatic N) is 1. The lowest BCUT2D eigenvalue weighted by Gasteiger charge is -2.12. The van der Waals surface area contributed by atoms with Gasteiger partial charge in [-0.3, -0.25) is 4.79 Å². The molecule has 0 radical (unpaired) electrons. The summed E-state index contributed by atoms with van der Waals surface area (Å²) in [5, 5.41) is 4.02. The quantitative estimate of drug-likeness (QED) is 0.855. The number of hydrazone groups is 1. The molecule has 0 fully saturated rings. The fourth-order valence-electron chi connectivity index (χ4n) is 1.81. The largest absolute Gasteiger partial charge is 0.462 e. The Balaban J connectivity index is 2.03. The fourth-order valence-corrected chi connectivity index (χ4v) is 1.81. The van der Waals surface area contributed by atoms with Crippen LogP contribution in [0.2, 0.25) is 0 Å². The second kappa shape index (κ2) is 6.32. The van der Waals surface area contributed by atoms with Gasteiger partial charge in [-0.25, -0.2) is 10.2 Å². The van der Waals surface area contributed by atoms with Crippen LogP contribution in [0.15, 0.2) is 29.4 Å². The highest BCUT2D eigenvalue weighted by molar-refractivity contribution is 6.04. The van der Waals surface area contributed by atoms with Gasteiger partial charge in [-0.15, -0.1) is 0 Å². The third kappa shape index (κ3) is 3.66. The summed E-state index contributed by atoms with van der Waals surface area (Å²) >= 11 is 0. The van der Waals surface area contributed by atoms with E-state index in [1.165, 1.54) is 0 Å². The molecule has 20 heavy (non-hydrogen) atoms. The van der Waals surface area contributed by atoms with Crippen molar-refractivity contribution in [3.63, 3.8) is 0 Å². The van der Waals surface area contributed by atoms with Gasteiger partial charge >= 0.3 is 5.97 Å². The molecule has 2 rings (SSSR count). The number of hydrogen-bond donors (Lipinski definition) is 1. The summed E-state index contributed by atoms with van der Waals surface area (Å²) in [6.07, 6.45) is 1.06. The number of rotatable bonds is 4. The predicted molar refractivity (Wildman–Crippen MR) is 75.5 cm³/mol. The molecule has 0 aliphatic carbocycles. The summed E-state index contributed by atoms with van der Waals surface area (Å²) in [7, 11) is 0. The van der Waals surface area contributed by atoms with Crippen LogP contribution in [0.3, 0.4) is 0 Å². The number of carbonyl (C=O) groups is 2. The lowest BCUT2D eigenvalue weighted by molar-refractivity contribution is -0.121. The first-order valence-corrected chi connectivity index (χ1v) is 6.69. The van der Waals surface area contributed by atoms with Crippen LogP contribution in [0.5, 0.6) is 0 Å². The molecule has 1 N–H and O–H groups in total. The van der Waals surface area contributed by atoms with E-state index in [-0.39, 0.29) is 11.9 Å². The molecule has 1 aliphatic heterocycles. The smallest absolute Gasteiger partial charge is 0.338 e. The number of carbonyl (C=O) groups excluding carboxylic acids is 2. The second-order valence-corrected chi connectivity index (χ2v) is 5.16. The van der Waals surface area contributed by atoms with Crippen molar-refractivity contribution in [2.24, 2.45) is 11.0 Å². The lowest BCUT2D eigenvalue weighted by Crippen LogP contribution is -2.25. The molecule has 0 saturated heterocycles. The van der Waals surface area contributed by atoms with Gasteiger partial charge in [0.1, 0.15) is 0 Å². The van der Waals surface area contributed by atoms with E-state index in [9.17, 15) is 9.59 Å². The molecule has 0 atom stereocenters. The highest BCUT2D eigenvalue weighted by Crippen LogP contribution is 2.12. The first-order valence-electron chi connectivity index (χ1n) is 6.69. The third-order valence-electron chi connectivity index (χ3n) is 2.91. The molecule has 106 valence electrons. The molecule has 0 unspecified atom stereocenters. The van der Waals surface area contributed by atoms with Gasteiger partial charge in [0.05, 0.1) is 17.9 Å². The van der Waals surface area contributed by atoms with Crippen molar-refractivity contribution in [1.29, 1.82) is 0 Å². The normalized spacial score (nSPS) is 14.8. The van der Waals surface area contributed by atoms with Crippen LogP contribution >= 0.6 is 0 Å². The zero-order valence-corrected chi connectivity index (χ0v) is 11.7. The number of esters is 1. The summed E-state index contributed by atoms with van der Waals surface area (Å²) in [6.45, 7) is 4.40. The second-order valence-electron chi connectivity index (χ2n) is 5.16. The van der Waals surface area contributed by atoms with Crippen LogP contribution in [-0.4, -0.2) is 24.2 Å². The molecule has 0 aromatic heterocycles. The Morgan fingerprint density at radius 3 is 2.55 bits per heavy atom. The van der Waals surface area contributed by atoms with Crippen molar-refractivity contribution in [2.45, 2.75) is 26.7 Å². The minimum absolute atomic E-state index is 0.0670. The Hall–Kier alpha value is -2.17. The van der Waals surface area contributed by atoms with E-state index in [1.807, 2.05) is 26.0 Å². The van der Waals surface area contributed by atoms with E-state index in [0.717, 1.165) is 11.3 Å². The average Bonchev–Trinajstić information content (AvgIpc) is 2.46. The molecule has 5 heteroatoms. The van der Waals surface area contributed by atoms with Gasteiger partial charge in [0, 0.05) is 12.8 Å². The molecule has 0 spiro atoms. The molecular weight excluding hydrogens is 256 g/mol. The predicted octanol–water partition coefficient (Wildman–Crippen LogP) is 2.11. The fraction of sp³-hybridized carbons (Fsp3) is 0.400. The minimum atomic E-state index is -0.316. The Morgan fingerprint density at radius 1 is 1.30 bits per heavy atom. The number of nitrogens with one attached hydrogen (secondary N) is 1. The summed E-state index contributed by atoms with van der Waals surface area (Å²) in [5.41, 5.74) is 4.71. The van der Waals surface area contributed by atoms with E-state index >= 15 is 0 Å². The van der Waals surface area contributed by atoms with E-state index in [2.05, 4.69) is 10.5 Å². The molecule has 0 bridgehead atoms. The molecule has 5 nitrogen and oxygen atoms in total. The lowest BCUT2D eigenvalue weighted by atomic mass is 10.0. The van der Waals surface area contributed by atoms with E-state index in [1.54, 1.807) is 12.1 Å². The van der Waals surface area contributed by atoms with Crippen LogP contribution in [0, 0.1) is 5.92 Å². The molecular formula is C15H18N2O3. The Labute approximate surface area is 118 Å². The Bertz CT molecular complexity index is 533. The summed E-state index contributed by atoms with van der Waals surface area (Å²) in [4.78, 5) is 22.8. The molecule has 1 heterocycles. The van der Waals surface area contributed by atoms with Gasteiger partial charge in [0.15, 0.2) is 0 Å². The molecule has 1 amide bonds. The van der Waals surface area contributed by atoms with Crippen LogP contribution in [0.1, 0.15) is 42.6 Å². The van der Waals surface area contributed by atoms with Crippen molar-refractivity contribution >= 4 is 17.6 Å².